The van der Waals surface area contributed by atoms with E-state index in [2.05, 4.69) is 5.32 Å². The second-order valence-electron chi connectivity index (χ2n) is 4.00. The Hall–Kier alpha value is -1.42. The van der Waals surface area contributed by atoms with Crippen LogP contribution in [0.15, 0.2) is 24.3 Å². The van der Waals surface area contributed by atoms with Crippen LogP contribution < -0.4 is 5.32 Å². The summed E-state index contributed by atoms with van der Waals surface area (Å²) in [5.41, 5.74) is 0.523. The highest BCUT2D eigenvalue weighted by molar-refractivity contribution is 5.84. The summed E-state index contributed by atoms with van der Waals surface area (Å²) in [5, 5.41) is 3.13. The van der Waals surface area contributed by atoms with E-state index >= 15 is 0 Å². The second-order valence-corrected chi connectivity index (χ2v) is 4.00. The number of nitrogens with one attached hydrogen (secondary N) is 1. The fourth-order valence-corrected chi connectivity index (χ4v) is 2.03. The number of benzene rings is 1. The fourth-order valence-electron chi connectivity index (χ4n) is 2.03. The summed E-state index contributed by atoms with van der Waals surface area (Å²) in [7, 11) is 1.70. The first kappa shape index (κ1) is 11.1. The van der Waals surface area contributed by atoms with Gasteiger partial charge >= 0.3 is 0 Å². The van der Waals surface area contributed by atoms with Crippen LogP contribution >= 0.6 is 0 Å². The highest BCUT2D eigenvalue weighted by Gasteiger charge is 2.36. The highest BCUT2D eigenvalue weighted by atomic mass is 19.1. The number of amides is 1. The Morgan fingerprint density at radius 3 is 2.69 bits per heavy atom. The molecule has 1 aromatic rings. The van der Waals surface area contributed by atoms with Gasteiger partial charge in [-0.2, -0.15) is 0 Å². The smallest absolute Gasteiger partial charge is 0.241 e. The third-order valence-electron chi connectivity index (χ3n) is 3.00. The van der Waals surface area contributed by atoms with Crippen LogP contribution in [-0.2, 0) is 4.79 Å². The van der Waals surface area contributed by atoms with Gasteiger partial charge in [-0.1, -0.05) is 25.1 Å². The van der Waals surface area contributed by atoms with E-state index in [1.807, 2.05) is 6.92 Å². The number of likely N-dealkylation sites (N-methyl/N-ethyl adjacent to an activating group) is 1. The molecule has 1 aliphatic rings. The van der Waals surface area contributed by atoms with Gasteiger partial charge in [0.05, 0.1) is 6.04 Å². The molecule has 3 nitrogen and oxygen atoms in total. The summed E-state index contributed by atoms with van der Waals surface area (Å²) in [5.74, 6) is -0.257. The minimum absolute atomic E-state index is 0.0238. The Kier molecular flexibility index (Phi) is 2.92. The third kappa shape index (κ3) is 1.69. The number of hydrogen-bond acceptors (Lipinski definition) is 2. The topological polar surface area (TPSA) is 32.3 Å². The summed E-state index contributed by atoms with van der Waals surface area (Å²) in [6.07, 6.45) is 0.368. The number of carbonyl (C=O) groups is 1. The second kappa shape index (κ2) is 4.22. The van der Waals surface area contributed by atoms with Crippen molar-refractivity contribution in [2.75, 3.05) is 7.05 Å². The lowest BCUT2D eigenvalue weighted by molar-refractivity contribution is -0.128. The Balaban J connectivity index is 2.30. The maximum absolute atomic E-state index is 13.6. The first-order valence-corrected chi connectivity index (χ1v) is 5.42. The van der Waals surface area contributed by atoms with E-state index in [9.17, 15) is 9.18 Å². The predicted molar refractivity (Wildman–Crippen MR) is 59.1 cm³/mol. The molecule has 0 bridgehead atoms. The molecule has 1 fully saturated rings. The zero-order valence-corrected chi connectivity index (χ0v) is 9.40. The summed E-state index contributed by atoms with van der Waals surface area (Å²) in [4.78, 5) is 13.3. The summed E-state index contributed by atoms with van der Waals surface area (Å²) >= 11 is 0. The SMILES string of the molecule is CCC1NC(c2ccccc2F)N(C)C1=O. The summed E-state index contributed by atoms with van der Waals surface area (Å²) < 4.78 is 13.6. The molecular weight excluding hydrogens is 207 g/mol. The maximum Gasteiger partial charge on any atom is 0.241 e. The van der Waals surface area contributed by atoms with Gasteiger partial charge in [-0.05, 0) is 12.5 Å². The van der Waals surface area contributed by atoms with E-state index in [0.717, 1.165) is 0 Å². The lowest BCUT2D eigenvalue weighted by atomic mass is 10.1. The molecular formula is C12H15FN2O. The zero-order valence-electron chi connectivity index (χ0n) is 9.40. The first-order valence-electron chi connectivity index (χ1n) is 5.42. The number of carbonyl (C=O) groups excluding carboxylic acids is 1. The van der Waals surface area contributed by atoms with Crippen LogP contribution in [0, 0.1) is 5.82 Å². The number of halogens is 1. The summed E-state index contributed by atoms with van der Waals surface area (Å²) in [6.45, 7) is 1.94. The van der Waals surface area contributed by atoms with Gasteiger partial charge in [-0.25, -0.2) is 4.39 Å². The predicted octanol–water partition coefficient (Wildman–Crippen LogP) is 1.66. The molecule has 1 aromatic carbocycles. The van der Waals surface area contributed by atoms with E-state index in [-0.39, 0.29) is 23.9 Å². The maximum atomic E-state index is 13.6. The standard InChI is InChI=1S/C12H15FN2O/c1-3-10-12(16)15(2)11(14-10)8-6-4-5-7-9(8)13/h4-7,10-11,14H,3H2,1-2H3. The molecule has 2 atom stereocenters. The quantitative estimate of drug-likeness (QED) is 0.825. The normalized spacial score (nSPS) is 25.2. The molecule has 1 heterocycles. The van der Waals surface area contributed by atoms with E-state index < -0.39 is 0 Å². The van der Waals surface area contributed by atoms with Crippen molar-refractivity contribution in [3.63, 3.8) is 0 Å². The molecule has 0 saturated carbocycles. The van der Waals surface area contributed by atoms with Crippen LogP contribution in [0.25, 0.3) is 0 Å². The van der Waals surface area contributed by atoms with Crippen molar-refractivity contribution in [1.29, 1.82) is 0 Å². The van der Waals surface area contributed by atoms with Crippen molar-refractivity contribution < 1.29 is 9.18 Å². The molecule has 1 saturated heterocycles. The fraction of sp³-hybridized carbons (Fsp3) is 0.417. The van der Waals surface area contributed by atoms with Crippen molar-refractivity contribution in [3.05, 3.63) is 35.6 Å². The number of hydrogen-bond donors (Lipinski definition) is 1. The molecule has 2 rings (SSSR count). The van der Waals surface area contributed by atoms with Gasteiger partial charge in [0.25, 0.3) is 0 Å². The van der Waals surface area contributed by atoms with E-state index in [4.69, 9.17) is 0 Å². The molecule has 1 aliphatic heterocycles. The van der Waals surface area contributed by atoms with Gasteiger partial charge in [0, 0.05) is 12.6 Å². The highest BCUT2D eigenvalue weighted by Crippen LogP contribution is 2.26. The van der Waals surface area contributed by atoms with Crippen LogP contribution in [0.2, 0.25) is 0 Å². The molecule has 4 heteroatoms. The zero-order chi connectivity index (χ0) is 11.7. The lowest BCUT2D eigenvalue weighted by Gasteiger charge is -2.20. The van der Waals surface area contributed by atoms with E-state index in [1.54, 1.807) is 30.1 Å². The van der Waals surface area contributed by atoms with E-state index in [1.165, 1.54) is 6.07 Å². The van der Waals surface area contributed by atoms with Gasteiger partial charge < -0.3 is 4.90 Å². The van der Waals surface area contributed by atoms with Gasteiger partial charge in [0.1, 0.15) is 12.0 Å². The number of rotatable bonds is 2. The largest absolute Gasteiger partial charge is 0.325 e. The molecule has 2 unspecified atom stereocenters. The molecule has 1 amide bonds. The molecule has 1 N–H and O–H groups in total. The van der Waals surface area contributed by atoms with Gasteiger partial charge in [0.2, 0.25) is 5.91 Å². The minimum Gasteiger partial charge on any atom is -0.325 e. The monoisotopic (exact) mass is 222 g/mol. The van der Waals surface area contributed by atoms with Crippen molar-refractivity contribution in [2.45, 2.75) is 25.6 Å². The molecule has 16 heavy (non-hydrogen) atoms. The average Bonchev–Trinajstić information content (AvgIpc) is 2.57. The minimum atomic E-state index is -0.348. The van der Waals surface area contributed by atoms with Crippen molar-refractivity contribution in [2.24, 2.45) is 0 Å². The van der Waals surface area contributed by atoms with Gasteiger partial charge in [0.15, 0.2) is 0 Å². The van der Waals surface area contributed by atoms with Crippen molar-refractivity contribution >= 4 is 5.91 Å². The Morgan fingerprint density at radius 2 is 2.12 bits per heavy atom. The van der Waals surface area contributed by atoms with Crippen molar-refractivity contribution in [1.82, 2.24) is 10.2 Å². The van der Waals surface area contributed by atoms with Crippen LogP contribution in [0.3, 0.4) is 0 Å². The molecule has 0 aliphatic carbocycles. The van der Waals surface area contributed by atoms with Crippen molar-refractivity contribution in [3.8, 4) is 0 Å². The van der Waals surface area contributed by atoms with Gasteiger partial charge in [-0.15, -0.1) is 0 Å². The Labute approximate surface area is 94.3 Å². The molecule has 0 spiro atoms. The van der Waals surface area contributed by atoms with Crippen LogP contribution in [-0.4, -0.2) is 23.9 Å². The number of nitrogens with zero attached hydrogens (tertiary/aromatic N) is 1. The van der Waals surface area contributed by atoms with Gasteiger partial charge in [-0.3, -0.25) is 10.1 Å². The molecule has 0 aromatic heterocycles. The van der Waals surface area contributed by atoms with E-state index in [0.29, 0.717) is 12.0 Å². The Bertz CT molecular complexity index is 408. The third-order valence-corrected chi connectivity index (χ3v) is 3.00. The van der Waals surface area contributed by atoms with Crippen LogP contribution in [0.1, 0.15) is 25.1 Å². The Morgan fingerprint density at radius 1 is 1.44 bits per heavy atom. The van der Waals surface area contributed by atoms with Crippen LogP contribution in [0.4, 0.5) is 4.39 Å². The molecule has 0 radical (unpaired) electrons. The summed E-state index contributed by atoms with van der Waals surface area (Å²) in [6, 6.07) is 6.34. The average molecular weight is 222 g/mol. The van der Waals surface area contributed by atoms with Crippen LogP contribution in [0.5, 0.6) is 0 Å². The lowest BCUT2D eigenvalue weighted by Crippen LogP contribution is -2.27. The first-order chi connectivity index (χ1) is 7.65. The molecule has 86 valence electrons.